The fraction of sp³-hybridized carbons (Fsp3) is 0. The molecule has 5 rings (SSSR count). The maximum atomic E-state index is 11.4. The number of aromatic nitrogens is 5. The van der Waals surface area contributed by atoms with Crippen LogP contribution in [0, 0.1) is 0 Å². The van der Waals surface area contributed by atoms with Crippen molar-refractivity contribution in [2.24, 2.45) is 5.73 Å². The Morgan fingerprint density at radius 3 is 2.82 bits per heavy atom. The molecule has 0 aliphatic rings. The largest absolute Gasteiger partial charge is 0.364 e. The Kier molecular flexibility index (Phi) is 3.55. The predicted molar refractivity (Wildman–Crippen MR) is 107 cm³/mol. The molecule has 0 fully saturated rings. The first-order valence-electron chi connectivity index (χ1n) is 8.62. The van der Waals surface area contributed by atoms with Crippen molar-refractivity contribution in [1.29, 1.82) is 0 Å². The number of nitrogens with two attached hydrogens (primary N) is 1. The van der Waals surface area contributed by atoms with Crippen LogP contribution in [0.2, 0.25) is 0 Å². The maximum Gasteiger partial charge on any atom is 0.265 e. The molecule has 0 atom stereocenters. The zero-order chi connectivity index (χ0) is 19.1. The zero-order valence-corrected chi connectivity index (χ0v) is 14.6. The molecule has 5 N–H and O–H groups in total. The van der Waals surface area contributed by atoms with Crippen LogP contribution in [-0.4, -0.2) is 31.1 Å². The third-order valence-electron chi connectivity index (χ3n) is 4.51. The minimum absolute atomic E-state index is 0.373. The van der Waals surface area contributed by atoms with Crippen LogP contribution in [0.5, 0.6) is 0 Å². The van der Waals surface area contributed by atoms with Gasteiger partial charge >= 0.3 is 0 Å². The Morgan fingerprint density at radius 2 is 1.93 bits per heavy atom. The molecule has 0 radical (unpaired) electrons. The highest BCUT2D eigenvalue weighted by Crippen LogP contribution is 2.25. The Morgan fingerprint density at radius 1 is 1.00 bits per heavy atom. The molecule has 0 saturated carbocycles. The molecular formula is C20H15N7O. The van der Waals surface area contributed by atoms with Crippen LogP contribution < -0.4 is 11.1 Å². The quantitative estimate of drug-likeness (QED) is 0.386. The van der Waals surface area contributed by atoms with Gasteiger partial charge in [0.1, 0.15) is 11.5 Å². The van der Waals surface area contributed by atoms with Crippen molar-refractivity contribution in [3.8, 4) is 11.4 Å². The molecule has 8 heteroatoms. The maximum absolute atomic E-state index is 11.4. The number of hydrogen-bond donors (Lipinski definition) is 4. The van der Waals surface area contributed by atoms with Crippen LogP contribution in [0.1, 0.15) is 10.5 Å². The van der Waals surface area contributed by atoms with E-state index in [1.807, 2.05) is 36.4 Å². The number of nitrogens with one attached hydrogen (secondary N) is 3. The minimum Gasteiger partial charge on any atom is -0.364 e. The summed E-state index contributed by atoms with van der Waals surface area (Å²) in [7, 11) is 0. The number of fused-ring (bicyclic) bond motifs is 2. The molecule has 0 saturated heterocycles. The summed E-state index contributed by atoms with van der Waals surface area (Å²) in [5.74, 6) is 0.763. The van der Waals surface area contributed by atoms with Crippen molar-refractivity contribution in [1.82, 2.24) is 25.1 Å². The average Bonchev–Trinajstić information content (AvgIpc) is 3.34. The monoisotopic (exact) mass is 369 g/mol. The molecule has 5 aromatic rings. The average molecular weight is 369 g/mol. The number of aromatic amines is 2. The number of rotatable bonds is 4. The lowest BCUT2D eigenvalue weighted by molar-refractivity contribution is 0.0996. The lowest BCUT2D eigenvalue weighted by Crippen LogP contribution is -2.10. The van der Waals surface area contributed by atoms with E-state index < -0.39 is 5.91 Å². The van der Waals surface area contributed by atoms with Crippen molar-refractivity contribution >= 4 is 39.2 Å². The molecular weight excluding hydrogens is 354 g/mol. The molecule has 0 aliphatic heterocycles. The summed E-state index contributed by atoms with van der Waals surface area (Å²) >= 11 is 0. The van der Waals surface area contributed by atoms with Gasteiger partial charge < -0.3 is 16.0 Å². The van der Waals surface area contributed by atoms with Gasteiger partial charge in [-0.05, 0) is 36.4 Å². The van der Waals surface area contributed by atoms with Crippen LogP contribution in [-0.2, 0) is 0 Å². The molecule has 0 unspecified atom stereocenters. The van der Waals surface area contributed by atoms with E-state index in [9.17, 15) is 4.79 Å². The van der Waals surface area contributed by atoms with E-state index in [1.54, 1.807) is 24.5 Å². The Balaban J connectivity index is 1.47. The fourth-order valence-electron chi connectivity index (χ4n) is 3.13. The number of anilines is 2. The van der Waals surface area contributed by atoms with Crippen LogP contribution >= 0.6 is 0 Å². The fourth-order valence-corrected chi connectivity index (χ4v) is 3.13. The van der Waals surface area contributed by atoms with Gasteiger partial charge in [-0.2, -0.15) is 5.10 Å². The molecule has 0 spiro atoms. The predicted octanol–water partition coefficient (Wildman–Crippen LogP) is 3.34. The molecule has 3 heterocycles. The molecule has 8 nitrogen and oxygen atoms in total. The first-order valence-corrected chi connectivity index (χ1v) is 8.62. The first-order chi connectivity index (χ1) is 13.7. The summed E-state index contributed by atoms with van der Waals surface area (Å²) in [5.41, 5.74) is 9.23. The number of benzene rings is 2. The number of nitrogens with zero attached hydrogens (tertiary/aromatic N) is 3. The van der Waals surface area contributed by atoms with E-state index in [-0.39, 0.29) is 0 Å². The molecule has 136 valence electrons. The van der Waals surface area contributed by atoms with E-state index in [0.717, 1.165) is 33.1 Å². The normalized spacial score (nSPS) is 11.1. The van der Waals surface area contributed by atoms with Crippen LogP contribution in [0.15, 0.2) is 60.9 Å². The van der Waals surface area contributed by atoms with Gasteiger partial charge in [-0.1, -0.05) is 12.1 Å². The highest BCUT2D eigenvalue weighted by Gasteiger charge is 2.09. The summed E-state index contributed by atoms with van der Waals surface area (Å²) in [6.07, 6.45) is 3.48. The van der Waals surface area contributed by atoms with Crippen molar-refractivity contribution < 1.29 is 4.79 Å². The van der Waals surface area contributed by atoms with Crippen molar-refractivity contribution in [3.63, 3.8) is 0 Å². The molecule has 1 amide bonds. The second-order valence-corrected chi connectivity index (χ2v) is 6.41. The second kappa shape index (κ2) is 6.20. The zero-order valence-electron chi connectivity index (χ0n) is 14.6. The summed E-state index contributed by atoms with van der Waals surface area (Å²) < 4.78 is 0. The lowest BCUT2D eigenvalue weighted by Gasteiger charge is -2.07. The number of carbonyl (C=O) groups excluding carboxylic acids is 1. The van der Waals surface area contributed by atoms with E-state index in [2.05, 4.69) is 30.5 Å². The van der Waals surface area contributed by atoms with Gasteiger partial charge in [0.25, 0.3) is 5.91 Å². The van der Waals surface area contributed by atoms with E-state index in [0.29, 0.717) is 17.3 Å². The standard InChI is InChI=1S/C20H15N7O/c21-19(28)17-8-11-1-2-12(9-16(11)25-17)20-22-6-5-18(26-20)24-14-3-4-15-13(7-14)10-23-27-15/h1-10,25H,(H2,21,28)(H,23,27)(H,22,24,26). The van der Waals surface area contributed by atoms with Gasteiger partial charge in [-0.3, -0.25) is 9.89 Å². The van der Waals surface area contributed by atoms with Gasteiger partial charge in [0, 0.05) is 33.7 Å². The molecule has 3 aromatic heterocycles. The van der Waals surface area contributed by atoms with E-state index >= 15 is 0 Å². The van der Waals surface area contributed by atoms with Crippen molar-refractivity contribution in [2.75, 3.05) is 5.32 Å². The van der Waals surface area contributed by atoms with Gasteiger partial charge in [0.15, 0.2) is 5.82 Å². The number of primary amides is 1. The third-order valence-corrected chi connectivity index (χ3v) is 4.51. The minimum atomic E-state index is -0.491. The number of amides is 1. The molecule has 0 bridgehead atoms. The van der Waals surface area contributed by atoms with E-state index in [1.165, 1.54) is 0 Å². The third kappa shape index (κ3) is 2.82. The Hall–Kier alpha value is -4.20. The second-order valence-electron chi connectivity index (χ2n) is 6.41. The SMILES string of the molecule is NC(=O)c1cc2ccc(-c3nccc(Nc4ccc5[nH]ncc5c4)n3)cc2[nH]1. The summed E-state index contributed by atoms with van der Waals surface area (Å²) in [6, 6.07) is 15.2. The Bertz CT molecular complexity index is 1330. The van der Waals surface area contributed by atoms with E-state index in [4.69, 9.17) is 5.73 Å². The number of H-pyrrole nitrogens is 2. The first kappa shape index (κ1) is 16.0. The summed E-state index contributed by atoms with van der Waals surface area (Å²) in [6.45, 7) is 0. The van der Waals surface area contributed by atoms with Crippen molar-refractivity contribution in [3.05, 3.63) is 66.6 Å². The van der Waals surface area contributed by atoms with Gasteiger partial charge in [0.05, 0.1) is 11.7 Å². The molecule has 2 aromatic carbocycles. The van der Waals surface area contributed by atoms with Crippen LogP contribution in [0.4, 0.5) is 11.5 Å². The van der Waals surface area contributed by atoms with Gasteiger partial charge in [0.2, 0.25) is 0 Å². The van der Waals surface area contributed by atoms with Crippen LogP contribution in [0.25, 0.3) is 33.2 Å². The molecule has 28 heavy (non-hydrogen) atoms. The lowest BCUT2D eigenvalue weighted by atomic mass is 10.1. The number of carbonyl (C=O) groups is 1. The summed E-state index contributed by atoms with van der Waals surface area (Å²) in [5, 5.41) is 12.2. The smallest absolute Gasteiger partial charge is 0.265 e. The Labute approximate surface area is 158 Å². The highest BCUT2D eigenvalue weighted by atomic mass is 16.1. The number of hydrogen-bond acceptors (Lipinski definition) is 5. The summed E-state index contributed by atoms with van der Waals surface area (Å²) in [4.78, 5) is 23.4. The van der Waals surface area contributed by atoms with Gasteiger partial charge in [-0.15, -0.1) is 0 Å². The van der Waals surface area contributed by atoms with Crippen molar-refractivity contribution in [2.45, 2.75) is 0 Å². The van der Waals surface area contributed by atoms with Crippen LogP contribution in [0.3, 0.4) is 0 Å². The highest BCUT2D eigenvalue weighted by molar-refractivity contribution is 5.97. The topological polar surface area (TPSA) is 125 Å². The molecule has 0 aliphatic carbocycles. The van der Waals surface area contributed by atoms with Gasteiger partial charge in [-0.25, -0.2) is 9.97 Å².